The Morgan fingerprint density at radius 2 is 1.43 bits per heavy atom. The Hall–Kier alpha value is -0.820. The molecular weight excluding hydrogens is 254 g/mol. The molecule has 0 aliphatic carbocycles. The Morgan fingerprint density at radius 3 is 2.00 bits per heavy atom. The summed E-state index contributed by atoms with van der Waals surface area (Å²) in [6, 6.07) is 10.9. The van der Waals surface area contributed by atoms with Gasteiger partial charge in [0, 0.05) is 11.5 Å². The first-order valence-electron chi connectivity index (χ1n) is 9.01. The highest BCUT2D eigenvalue weighted by molar-refractivity contribution is 5.23. The van der Waals surface area contributed by atoms with Crippen molar-refractivity contribution in [3.05, 3.63) is 35.9 Å². The zero-order valence-corrected chi connectivity index (χ0v) is 14.4. The fraction of sp³-hybridized carbons (Fsp3) is 0.700. The zero-order valence-electron chi connectivity index (χ0n) is 14.4. The third kappa shape index (κ3) is 5.82. The van der Waals surface area contributed by atoms with Gasteiger partial charge in [0.05, 0.1) is 0 Å². The first-order chi connectivity index (χ1) is 10.2. The predicted molar refractivity (Wildman–Crippen MR) is 94.7 cm³/mol. The average molecular weight is 290 g/mol. The largest absolute Gasteiger partial charge is 0.325 e. The number of hydrogen-bond acceptors (Lipinski definition) is 1. The average Bonchev–Trinajstić information content (AvgIpc) is 2.54. The Balaban J connectivity index is 2.62. The molecule has 0 saturated carbocycles. The summed E-state index contributed by atoms with van der Waals surface area (Å²) in [5.74, 6) is 0.500. The molecule has 1 unspecified atom stereocenters. The second kappa shape index (κ2) is 10.00. The van der Waals surface area contributed by atoms with E-state index in [1.165, 1.54) is 50.5 Å². The van der Waals surface area contributed by atoms with E-state index >= 15 is 0 Å². The van der Waals surface area contributed by atoms with Crippen molar-refractivity contribution in [2.24, 2.45) is 5.73 Å². The first kappa shape index (κ1) is 18.2. The van der Waals surface area contributed by atoms with Gasteiger partial charge in [-0.1, -0.05) is 89.6 Å². The van der Waals surface area contributed by atoms with E-state index in [9.17, 15) is 0 Å². The predicted octanol–water partition coefficient (Wildman–Crippen LogP) is 6.04. The summed E-state index contributed by atoms with van der Waals surface area (Å²) in [6.07, 6.45) is 11.5. The molecule has 0 heterocycles. The van der Waals surface area contributed by atoms with E-state index in [4.69, 9.17) is 5.73 Å². The molecule has 0 amide bonds. The van der Waals surface area contributed by atoms with Crippen molar-refractivity contribution in [2.45, 2.75) is 90.0 Å². The molecule has 0 fully saturated rings. The van der Waals surface area contributed by atoms with Crippen LogP contribution in [0.25, 0.3) is 0 Å². The van der Waals surface area contributed by atoms with Crippen LogP contribution in [-0.2, 0) is 0 Å². The smallest absolute Gasteiger partial charge is 0.0218 e. The summed E-state index contributed by atoms with van der Waals surface area (Å²) in [5, 5.41) is 0. The summed E-state index contributed by atoms with van der Waals surface area (Å²) < 4.78 is 0. The molecule has 0 aromatic heterocycles. The molecular formula is C20H35N. The molecule has 0 spiro atoms. The van der Waals surface area contributed by atoms with Gasteiger partial charge in [-0.05, 0) is 24.8 Å². The molecule has 21 heavy (non-hydrogen) atoms. The minimum Gasteiger partial charge on any atom is -0.325 e. The highest BCUT2D eigenvalue weighted by Crippen LogP contribution is 2.36. The van der Waals surface area contributed by atoms with Gasteiger partial charge < -0.3 is 5.73 Å². The number of rotatable bonds is 11. The quantitative estimate of drug-likeness (QED) is 0.494. The van der Waals surface area contributed by atoms with E-state index < -0.39 is 0 Å². The van der Waals surface area contributed by atoms with Gasteiger partial charge in [-0.15, -0.1) is 0 Å². The highest BCUT2D eigenvalue weighted by Gasteiger charge is 2.32. The second-order valence-electron chi connectivity index (χ2n) is 6.46. The Kier molecular flexibility index (Phi) is 8.68. The first-order valence-corrected chi connectivity index (χ1v) is 9.01. The molecule has 0 saturated heterocycles. The maximum Gasteiger partial charge on any atom is 0.0218 e. The number of nitrogens with two attached hydrogens (primary N) is 1. The van der Waals surface area contributed by atoms with Crippen molar-refractivity contribution < 1.29 is 0 Å². The maximum absolute atomic E-state index is 6.74. The standard InChI is InChI=1S/C20H35N/c1-4-7-8-9-10-14-17-19(20(21,5-2)6-3)18-15-12-11-13-16-18/h11-13,15-16,19H,4-10,14,17,21H2,1-3H3. The van der Waals surface area contributed by atoms with Crippen molar-refractivity contribution >= 4 is 0 Å². The Bertz CT molecular complexity index is 353. The lowest BCUT2D eigenvalue weighted by Gasteiger charge is -2.37. The summed E-state index contributed by atoms with van der Waals surface area (Å²) >= 11 is 0. The van der Waals surface area contributed by atoms with Crippen molar-refractivity contribution in [1.82, 2.24) is 0 Å². The monoisotopic (exact) mass is 289 g/mol. The van der Waals surface area contributed by atoms with Crippen molar-refractivity contribution in [1.29, 1.82) is 0 Å². The van der Waals surface area contributed by atoms with Gasteiger partial charge in [-0.25, -0.2) is 0 Å². The molecule has 0 aliphatic rings. The molecule has 0 radical (unpaired) electrons. The van der Waals surface area contributed by atoms with E-state index in [-0.39, 0.29) is 5.54 Å². The highest BCUT2D eigenvalue weighted by atomic mass is 14.8. The molecule has 0 bridgehead atoms. The van der Waals surface area contributed by atoms with Crippen LogP contribution in [0.4, 0.5) is 0 Å². The third-order valence-electron chi connectivity index (χ3n) is 5.06. The van der Waals surface area contributed by atoms with Crippen LogP contribution < -0.4 is 5.73 Å². The van der Waals surface area contributed by atoms with E-state index in [1.807, 2.05) is 0 Å². The molecule has 0 aliphatic heterocycles. The van der Waals surface area contributed by atoms with E-state index in [0.29, 0.717) is 5.92 Å². The second-order valence-corrected chi connectivity index (χ2v) is 6.46. The zero-order chi connectivity index (χ0) is 15.6. The molecule has 1 atom stereocenters. The maximum atomic E-state index is 6.74. The fourth-order valence-corrected chi connectivity index (χ4v) is 3.34. The molecule has 2 N–H and O–H groups in total. The van der Waals surface area contributed by atoms with Crippen LogP contribution in [0.15, 0.2) is 30.3 Å². The lowest BCUT2D eigenvalue weighted by Crippen LogP contribution is -2.44. The SMILES string of the molecule is CCCCCCCCC(c1ccccc1)C(N)(CC)CC. The number of benzene rings is 1. The topological polar surface area (TPSA) is 26.0 Å². The van der Waals surface area contributed by atoms with Gasteiger partial charge in [0.25, 0.3) is 0 Å². The van der Waals surface area contributed by atoms with Gasteiger partial charge in [0.15, 0.2) is 0 Å². The van der Waals surface area contributed by atoms with Crippen LogP contribution in [0.1, 0.15) is 90.0 Å². The van der Waals surface area contributed by atoms with Crippen LogP contribution in [0.2, 0.25) is 0 Å². The van der Waals surface area contributed by atoms with Crippen LogP contribution in [0.5, 0.6) is 0 Å². The minimum atomic E-state index is -0.0508. The molecule has 1 aromatic rings. The lowest BCUT2D eigenvalue weighted by atomic mass is 9.73. The molecule has 1 nitrogen and oxygen atoms in total. The third-order valence-corrected chi connectivity index (χ3v) is 5.06. The van der Waals surface area contributed by atoms with Gasteiger partial charge >= 0.3 is 0 Å². The van der Waals surface area contributed by atoms with E-state index in [2.05, 4.69) is 51.1 Å². The van der Waals surface area contributed by atoms with Crippen LogP contribution in [-0.4, -0.2) is 5.54 Å². The van der Waals surface area contributed by atoms with Gasteiger partial charge in [-0.2, -0.15) is 0 Å². The van der Waals surface area contributed by atoms with E-state index in [0.717, 1.165) is 12.8 Å². The van der Waals surface area contributed by atoms with Crippen LogP contribution in [0, 0.1) is 0 Å². The number of hydrogen-bond donors (Lipinski definition) is 1. The lowest BCUT2D eigenvalue weighted by molar-refractivity contribution is 0.300. The molecule has 1 heteroatoms. The van der Waals surface area contributed by atoms with Crippen LogP contribution in [0.3, 0.4) is 0 Å². The van der Waals surface area contributed by atoms with E-state index in [1.54, 1.807) is 0 Å². The summed E-state index contributed by atoms with van der Waals surface area (Å²) in [5.41, 5.74) is 8.11. The van der Waals surface area contributed by atoms with Crippen molar-refractivity contribution in [2.75, 3.05) is 0 Å². The van der Waals surface area contributed by atoms with Gasteiger partial charge in [-0.3, -0.25) is 0 Å². The van der Waals surface area contributed by atoms with Gasteiger partial charge in [0.1, 0.15) is 0 Å². The minimum absolute atomic E-state index is 0.0508. The number of unbranched alkanes of at least 4 members (excludes halogenated alkanes) is 5. The van der Waals surface area contributed by atoms with Crippen molar-refractivity contribution in [3.63, 3.8) is 0 Å². The summed E-state index contributed by atoms with van der Waals surface area (Å²) in [4.78, 5) is 0. The summed E-state index contributed by atoms with van der Waals surface area (Å²) in [7, 11) is 0. The summed E-state index contributed by atoms with van der Waals surface area (Å²) in [6.45, 7) is 6.75. The normalized spacial score (nSPS) is 13.3. The van der Waals surface area contributed by atoms with Gasteiger partial charge in [0.2, 0.25) is 0 Å². The van der Waals surface area contributed by atoms with Crippen molar-refractivity contribution in [3.8, 4) is 0 Å². The molecule has 1 rings (SSSR count). The fourth-order valence-electron chi connectivity index (χ4n) is 3.34. The Labute approximate surface area is 132 Å². The molecule has 120 valence electrons. The molecule has 1 aromatic carbocycles. The Morgan fingerprint density at radius 1 is 0.857 bits per heavy atom. The van der Waals surface area contributed by atoms with Crippen LogP contribution >= 0.6 is 0 Å².